The van der Waals surface area contributed by atoms with Gasteiger partial charge in [-0.05, 0) is 20.2 Å². The molecule has 0 aromatic heterocycles. The summed E-state index contributed by atoms with van der Waals surface area (Å²) in [5, 5.41) is 12.5. The van der Waals surface area contributed by atoms with Crippen LogP contribution in [-0.2, 0) is 6.54 Å². The quantitative estimate of drug-likeness (QED) is 0.754. The molecule has 0 saturated heterocycles. The second kappa shape index (κ2) is 6.58. The van der Waals surface area contributed by atoms with Crippen LogP contribution in [0.5, 0.6) is 0 Å². The molecule has 0 saturated carbocycles. The molecule has 2 N–H and O–H groups in total. The van der Waals surface area contributed by atoms with Crippen molar-refractivity contribution in [3.05, 3.63) is 35.6 Å². The molecule has 0 amide bonds. The molecule has 1 rings (SSSR count). The summed E-state index contributed by atoms with van der Waals surface area (Å²) in [7, 11) is 3.66. The predicted molar refractivity (Wildman–Crippen MR) is 62.7 cm³/mol. The highest BCUT2D eigenvalue weighted by molar-refractivity contribution is 5.16. The van der Waals surface area contributed by atoms with Crippen molar-refractivity contribution in [1.29, 1.82) is 0 Å². The Morgan fingerprint density at radius 2 is 2.12 bits per heavy atom. The molecule has 1 atom stereocenters. The molecule has 0 fully saturated rings. The van der Waals surface area contributed by atoms with E-state index in [9.17, 15) is 9.50 Å². The lowest BCUT2D eigenvalue weighted by Gasteiger charge is -2.20. The highest BCUT2D eigenvalue weighted by Gasteiger charge is 2.09. The van der Waals surface area contributed by atoms with Gasteiger partial charge >= 0.3 is 0 Å². The molecule has 3 nitrogen and oxygen atoms in total. The van der Waals surface area contributed by atoms with Crippen molar-refractivity contribution in [3.8, 4) is 0 Å². The number of halogens is 1. The maximum Gasteiger partial charge on any atom is 0.127 e. The van der Waals surface area contributed by atoms with Gasteiger partial charge in [0, 0.05) is 25.2 Å². The number of aliphatic hydroxyl groups is 1. The molecule has 90 valence electrons. The fourth-order valence-corrected chi connectivity index (χ4v) is 1.64. The van der Waals surface area contributed by atoms with Gasteiger partial charge in [-0.2, -0.15) is 0 Å². The summed E-state index contributed by atoms with van der Waals surface area (Å²) in [4.78, 5) is 1.90. The van der Waals surface area contributed by atoms with E-state index in [2.05, 4.69) is 5.32 Å². The smallest absolute Gasteiger partial charge is 0.127 e. The van der Waals surface area contributed by atoms with Crippen molar-refractivity contribution < 1.29 is 9.50 Å². The van der Waals surface area contributed by atoms with Crippen molar-refractivity contribution in [1.82, 2.24) is 10.2 Å². The number of hydrogen-bond donors (Lipinski definition) is 2. The summed E-state index contributed by atoms with van der Waals surface area (Å²) >= 11 is 0. The van der Waals surface area contributed by atoms with Crippen LogP contribution >= 0.6 is 0 Å². The first-order valence-corrected chi connectivity index (χ1v) is 5.38. The van der Waals surface area contributed by atoms with Crippen LogP contribution in [0.25, 0.3) is 0 Å². The minimum absolute atomic E-state index is 0.197. The fourth-order valence-electron chi connectivity index (χ4n) is 1.64. The molecule has 0 bridgehead atoms. The van der Waals surface area contributed by atoms with Crippen LogP contribution in [0.2, 0.25) is 0 Å². The Hall–Kier alpha value is -0.970. The van der Waals surface area contributed by atoms with Gasteiger partial charge in [0.1, 0.15) is 5.82 Å². The normalized spacial score (nSPS) is 13.1. The van der Waals surface area contributed by atoms with Gasteiger partial charge in [-0.25, -0.2) is 4.39 Å². The largest absolute Gasteiger partial charge is 0.390 e. The van der Waals surface area contributed by atoms with Gasteiger partial charge in [0.25, 0.3) is 0 Å². The van der Waals surface area contributed by atoms with E-state index in [0.717, 1.165) is 0 Å². The topological polar surface area (TPSA) is 35.5 Å². The van der Waals surface area contributed by atoms with E-state index in [0.29, 0.717) is 25.2 Å². The molecule has 0 aliphatic carbocycles. The number of benzene rings is 1. The number of nitrogens with zero attached hydrogens (tertiary/aromatic N) is 1. The van der Waals surface area contributed by atoms with E-state index >= 15 is 0 Å². The van der Waals surface area contributed by atoms with Crippen molar-refractivity contribution in [2.75, 3.05) is 27.2 Å². The molecule has 0 aliphatic rings. The van der Waals surface area contributed by atoms with Crippen LogP contribution in [0.3, 0.4) is 0 Å². The summed E-state index contributed by atoms with van der Waals surface area (Å²) in [6, 6.07) is 6.70. The van der Waals surface area contributed by atoms with Gasteiger partial charge in [0.05, 0.1) is 6.10 Å². The third-order valence-corrected chi connectivity index (χ3v) is 2.36. The van der Waals surface area contributed by atoms with Crippen LogP contribution < -0.4 is 5.32 Å². The first-order valence-electron chi connectivity index (χ1n) is 5.38. The minimum Gasteiger partial charge on any atom is -0.390 e. The Labute approximate surface area is 95.9 Å². The monoisotopic (exact) mass is 226 g/mol. The van der Waals surface area contributed by atoms with Crippen molar-refractivity contribution >= 4 is 0 Å². The molecule has 0 heterocycles. The third-order valence-electron chi connectivity index (χ3n) is 2.36. The Morgan fingerprint density at radius 3 is 2.75 bits per heavy atom. The minimum atomic E-state index is -0.429. The second-order valence-electron chi connectivity index (χ2n) is 4.00. The van der Waals surface area contributed by atoms with Crippen molar-refractivity contribution in [2.45, 2.75) is 12.6 Å². The zero-order valence-electron chi connectivity index (χ0n) is 9.78. The maximum atomic E-state index is 13.3. The summed E-state index contributed by atoms with van der Waals surface area (Å²) in [5.41, 5.74) is 0.654. The molecule has 1 aromatic rings. The molecular weight excluding hydrogens is 207 g/mol. The van der Waals surface area contributed by atoms with E-state index < -0.39 is 6.10 Å². The number of likely N-dealkylation sites (N-methyl/N-ethyl adjacent to an activating group) is 2. The maximum absolute atomic E-state index is 13.3. The SMILES string of the molecule is CNCC(O)CN(C)Cc1ccccc1F. The van der Waals surface area contributed by atoms with Gasteiger partial charge in [-0.3, -0.25) is 4.90 Å². The van der Waals surface area contributed by atoms with Gasteiger partial charge in [-0.15, -0.1) is 0 Å². The molecule has 0 spiro atoms. The van der Waals surface area contributed by atoms with E-state index in [-0.39, 0.29) is 5.82 Å². The average Bonchev–Trinajstić information content (AvgIpc) is 2.21. The third kappa shape index (κ3) is 4.26. The van der Waals surface area contributed by atoms with Crippen LogP contribution in [-0.4, -0.2) is 43.3 Å². The Morgan fingerprint density at radius 1 is 1.44 bits per heavy atom. The lowest BCUT2D eigenvalue weighted by Crippen LogP contribution is -2.35. The summed E-state index contributed by atoms with van der Waals surface area (Å²) in [6.45, 7) is 1.57. The van der Waals surface area contributed by atoms with E-state index in [4.69, 9.17) is 0 Å². The lowest BCUT2D eigenvalue weighted by molar-refractivity contribution is 0.122. The molecule has 4 heteroatoms. The van der Waals surface area contributed by atoms with Gasteiger partial charge in [-0.1, -0.05) is 18.2 Å². The van der Waals surface area contributed by atoms with Gasteiger partial charge < -0.3 is 10.4 Å². The summed E-state index contributed by atoms with van der Waals surface area (Å²) in [5.74, 6) is -0.197. The highest BCUT2D eigenvalue weighted by Crippen LogP contribution is 2.08. The standard InChI is InChI=1S/C12H19FN2O/c1-14-7-11(16)9-15(2)8-10-5-3-4-6-12(10)13/h3-6,11,14,16H,7-9H2,1-2H3. The first kappa shape index (κ1) is 13.1. The molecule has 16 heavy (non-hydrogen) atoms. The fraction of sp³-hybridized carbons (Fsp3) is 0.500. The van der Waals surface area contributed by atoms with Crippen LogP contribution in [0.4, 0.5) is 4.39 Å². The van der Waals surface area contributed by atoms with Crippen LogP contribution in [0.15, 0.2) is 24.3 Å². The average molecular weight is 226 g/mol. The van der Waals surface area contributed by atoms with Crippen LogP contribution in [0.1, 0.15) is 5.56 Å². The molecule has 0 aliphatic heterocycles. The number of aliphatic hydroxyl groups excluding tert-OH is 1. The van der Waals surface area contributed by atoms with Crippen molar-refractivity contribution in [2.24, 2.45) is 0 Å². The van der Waals surface area contributed by atoms with E-state index in [1.807, 2.05) is 18.0 Å². The summed E-state index contributed by atoms with van der Waals surface area (Å²) in [6.07, 6.45) is -0.429. The number of rotatable bonds is 6. The Kier molecular flexibility index (Phi) is 5.38. The zero-order chi connectivity index (χ0) is 12.0. The number of hydrogen-bond acceptors (Lipinski definition) is 3. The molecule has 0 radical (unpaired) electrons. The molecule has 1 unspecified atom stereocenters. The van der Waals surface area contributed by atoms with E-state index in [1.165, 1.54) is 6.07 Å². The van der Waals surface area contributed by atoms with Crippen LogP contribution in [0, 0.1) is 5.82 Å². The van der Waals surface area contributed by atoms with Crippen molar-refractivity contribution in [3.63, 3.8) is 0 Å². The Bertz CT molecular complexity index is 320. The van der Waals surface area contributed by atoms with Gasteiger partial charge in [0.15, 0.2) is 0 Å². The second-order valence-corrected chi connectivity index (χ2v) is 4.00. The molecule has 1 aromatic carbocycles. The van der Waals surface area contributed by atoms with Gasteiger partial charge in [0.2, 0.25) is 0 Å². The van der Waals surface area contributed by atoms with E-state index in [1.54, 1.807) is 19.2 Å². The molecular formula is C12H19FN2O. The first-order chi connectivity index (χ1) is 7.63. The highest BCUT2D eigenvalue weighted by atomic mass is 19.1. The predicted octanol–water partition coefficient (Wildman–Crippen LogP) is 0.838. The zero-order valence-corrected chi connectivity index (χ0v) is 9.78. The lowest BCUT2D eigenvalue weighted by atomic mass is 10.2. The number of nitrogens with one attached hydrogen (secondary N) is 1. The summed E-state index contributed by atoms with van der Waals surface area (Å²) < 4.78 is 13.3. The Balaban J connectivity index is 2.45.